The highest BCUT2D eigenvalue weighted by Gasteiger charge is 2.16. The third-order valence-corrected chi connectivity index (χ3v) is 2.85. The summed E-state index contributed by atoms with van der Waals surface area (Å²) in [6, 6.07) is 0. The van der Waals surface area contributed by atoms with E-state index in [2.05, 4.69) is 9.97 Å². The Morgan fingerprint density at radius 1 is 1.35 bits per heavy atom. The van der Waals surface area contributed by atoms with E-state index < -0.39 is 5.97 Å². The van der Waals surface area contributed by atoms with Gasteiger partial charge in [-0.1, -0.05) is 0 Å². The fraction of sp³-hybridized carbons (Fsp3) is 0.583. The summed E-state index contributed by atoms with van der Waals surface area (Å²) in [5, 5.41) is 8.54. The molecule has 5 heteroatoms. The molecule has 0 spiro atoms. The van der Waals surface area contributed by atoms with Gasteiger partial charge in [0.15, 0.2) is 5.75 Å². The zero-order valence-electron chi connectivity index (χ0n) is 9.63. The van der Waals surface area contributed by atoms with Crippen LogP contribution in [-0.2, 0) is 11.2 Å². The number of hydrogen-bond acceptors (Lipinski definition) is 4. The van der Waals surface area contributed by atoms with E-state index in [9.17, 15) is 4.79 Å². The van der Waals surface area contributed by atoms with Crippen LogP contribution in [0.4, 0.5) is 0 Å². The molecule has 92 valence electrons. The van der Waals surface area contributed by atoms with Gasteiger partial charge >= 0.3 is 5.97 Å². The number of carboxylic acids is 1. The van der Waals surface area contributed by atoms with E-state index in [1.54, 1.807) is 12.4 Å². The third-order valence-electron chi connectivity index (χ3n) is 2.85. The maximum Gasteiger partial charge on any atom is 0.303 e. The Hall–Kier alpha value is -1.65. The van der Waals surface area contributed by atoms with E-state index in [1.165, 1.54) is 12.8 Å². The third kappa shape index (κ3) is 3.69. The average molecular weight is 236 g/mol. The van der Waals surface area contributed by atoms with Crippen molar-refractivity contribution in [2.45, 2.75) is 44.6 Å². The van der Waals surface area contributed by atoms with Crippen LogP contribution >= 0.6 is 0 Å². The first kappa shape index (κ1) is 11.8. The molecule has 1 aromatic heterocycles. The van der Waals surface area contributed by atoms with Crippen LogP contribution in [0.1, 0.15) is 37.9 Å². The van der Waals surface area contributed by atoms with Gasteiger partial charge in [-0.25, -0.2) is 9.97 Å². The van der Waals surface area contributed by atoms with E-state index in [0.29, 0.717) is 24.1 Å². The molecule has 0 unspecified atom stereocenters. The number of hydrogen-bond donors (Lipinski definition) is 1. The van der Waals surface area contributed by atoms with Gasteiger partial charge in [0, 0.05) is 6.42 Å². The van der Waals surface area contributed by atoms with E-state index in [0.717, 1.165) is 12.8 Å². The minimum absolute atomic E-state index is 0.0584. The number of aliphatic carboxylic acids is 1. The van der Waals surface area contributed by atoms with Crippen LogP contribution in [0.25, 0.3) is 0 Å². The second-order valence-corrected chi connectivity index (χ2v) is 4.25. The summed E-state index contributed by atoms with van der Waals surface area (Å²) in [5.41, 5.74) is 0. The lowest BCUT2D eigenvalue weighted by molar-refractivity contribution is -0.137. The second-order valence-electron chi connectivity index (χ2n) is 4.25. The van der Waals surface area contributed by atoms with Crippen molar-refractivity contribution in [3.63, 3.8) is 0 Å². The predicted octanol–water partition coefficient (Wildman–Crippen LogP) is 1.82. The Balaban J connectivity index is 1.86. The number of nitrogens with zero attached hydrogens (tertiary/aromatic N) is 2. The molecule has 1 heterocycles. The first-order chi connectivity index (χ1) is 8.24. The number of carboxylic acid groups (broad SMARTS) is 1. The number of carbonyl (C=O) groups is 1. The quantitative estimate of drug-likeness (QED) is 0.844. The normalized spacial score (nSPS) is 16.0. The lowest BCUT2D eigenvalue weighted by Crippen LogP contribution is -2.11. The van der Waals surface area contributed by atoms with Crippen LogP contribution in [0.5, 0.6) is 5.75 Å². The van der Waals surface area contributed by atoms with E-state index >= 15 is 0 Å². The molecule has 0 amide bonds. The van der Waals surface area contributed by atoms with Gasteiger partial charge in [0.05, 0.1) is 24.9 Å². The minimum atomic E-state index is -0.833. The van der Waals surface area contributed by atoms with Gasteiger partial charge in [-0.2, -0.15) is 0 Å². The van der Waals surface area contributed by atoms with Crippen LogP contribution in [0.15, 0.2) is 12.4 Å². The summed E-state index contributed by atoms with van der Waals surface area (Å²) in [6.45, 7) is 0. The fourth-order valence-electron chi connectivity index (χ4n) is 1.95. The molecule has 1 aliphatic rings. The molecule has 1 aromatic rings. The molecule has 0 aromatic carbocycles. The highest BCUT2D eigenvalue weighted by atomic mass is 16.5. The standard InChI is InChI=1S/C12H16N2O3/c15-12(16)6-5-11-13-7-10(8-14-11)17-9-3-1-2-4-9/h7-9H,1-6H2,(H,15,16). The van der Waals surface area contributed by atoms with Gasteiger partial charge in [-0.15, -0.1) is 0 Å². The van der Waals surface area contributed by atoms with Crippen molar-refractivity contribution < 1.29 is 14.6 Å². The summed E-state index contributed by atoms with van der Waals surface area (Å²) in [4.78, 5) is 18.6. The molecule has 0 saturated heterocycles. The summed E-state index contributed by atoms with van der Waals surface area (Å²) < 4.78 is 5.71. The van der Waals surface area contributed by atoms with Crippen LogP contribution in [-0.4, -0.2) is 27.1 Å². The summed E-state index contributed by atoms with van der Waals surface area (Å²) >= 11 is 0. The first-order valence-corrected chi connectivity index (χ1v) is 5.93. The first-order valence-electron chi connectivity index (χ1n) is 5.93. The van der Waals surface area contributed by atoms with Crippen molar-refractivity contribution >= 4 is 5.97 Å². The zero-order chi connectivity index (χ0) is 12.1. The largest absolute Gasteiger partial charge is 0.487 e. The Labute approximate surface area is 99.9 Å². The highest BCUT2D eigenvalue weighted by Crippen LogP contribution is 2.23. The Kier molecular flexibility index (Phi) is 3.90. The topological polar surface area (TPSA) is 72.3 Å². The van der Waals surface area contributed by atoms with Crippen molar-refractivity contribution in [2.75, 3.05) is 0 Å². The van der Waals surface area contributed by atoms with Gasteiger partial charge in [-0.05, 0) is 25.7 Å². The minimum Gasteiger partial charge on any atom is -0.487 e. The molecular weight excluding hydrogens is 220 g/mol. The van der Waals surface area contributed by atoms with Crippen LogP contribution in [0, 0.1) is 0 Å². The van der Waals surface area contributed by atoms with Gasteiger partial charge in [0.2, 0.25) is 0 Å². The van der Waals surface area contributed by atoms with E-state index in [1.807, 2.05) is 0 Å². The Morgan fingerprint density at radius 2 is 2.00 bits per heavy atom. The molecule has 0 radical (unpaired) electrons. The Bertz CT molecular complexity index is 372. The number of rotatable bonds is 5. The summed E-state index contributed by atoms with van der Waals surface area (Å²) in [6.07, 6.45) is 8.61. The van der Waals surface area contributed by atoms with Crippen molar-refractivity contribution in [3.05, 3.63) is 18.2 Å². The molecule has 0 atom stereocenters. The molecule has 5 nitrogen and oxygen atoms in total. The average Bonchev–Trinajstić information content (AvgIpc) is 2.81. The predicted molar refractivity (Wildman–Crippen MR) is 60.9 cm³/mol. The molecular formula is C12H16N2O3. The van der Waals surface area contributed by atoms with Crippen LogP contribution in [0.2, 0.25) is 0 Å². The van der Waals surface area contributed by atoms with Gasteiger partial charge in [0.25, 0.3) is 0 Å². The highest BCUT2D eigenvalue weighted by molar-refractivity contribution is 5.66. The lowest BCUT2D eigenvalue weighted by atomic mass is 10.3. The van der Waals surface area contributed by atoms with Crippen LogP contribution < -0.4 is 4.74 Å². The fourth-order valence-corrected chi connectivity index (χ4v) is 1.95. The molecule has 2 rings (SSSR count). The Morgan fingerprint density at radius 3 is 2.59 bits per heavy atom. The van der Waals surface area contributed by atoms with Crippen molar-refractivity contribution in [1.82, 2.24) is 9.97 Å². The molecule has 1 aliphatic carbocycles. The maximum atomic E-state index is 10.4. The van der Waals surface area contributed by atoms with Gasteiger partial charge in [-0.3, -0.25) is 4.79 Å². The van der Waals surface area contributed by atoms with Gasteiger partial charge in [0.1, 0.15) is 5.82 Å². The van der Waals surface area contributed by atoms with E-state index in [-0.39, 0.29) is 6.42 Å². The molecule has 0 aliphatic heterocycles. The lowest BCUT2D eigenvalue weighted by Gasteiger charge is -2.12. The smallest absolute Gasteiger partial charge is 0.303 e. The van der Waals surface area contributed by atoms with E-state index in [4.69, 9.17) is 9.84 Å². The van der Waals surface area contributed by atoms with Crippen molar-refractivity contribution in [1.29, 1.82) is 0 Å². The maximum absolute atomic E-state index is 10.4. The van der Waals surface area contributed by atoms with Crippen LogP contribution in [0.3, 0.4) is 0 Å². The zero-order valence-corrected chi connectivity index (χ0v) is 9.63. The molecule has 1 saturated carbocycles. The van der Waals surface area contributed by atoms with Crippen molar-refractivity contribution in [2.24, 2.45) is 0 Å². The second kappa shape index (κ2) is 5.61. The SMILES string of the molecule is O=C(O)CCc1ncc(OC2CCCC2)cn1. The molecule has 1 N–H and O–H groups in total. The summed E-state index contributed by atoms with van der Waals surface area (Å²) in [5.74, 6) is 0.391. The molecule has 1 fully saturated rings. The monoisotopic (exact) mass is 236 g/mol. The number of aryl methyl sites for hydroxylation is 1. The van der Waals surface area contributed by atoms with Gasteiger partial charge < -0.3 is 9.84 Å². The number of aromatic nitrogens is 2. The molecule has 17 heavy (non-hydrogen) atoms. The summed E-state index contributed by atoms with van der Waals surface area (Å²) in [7, 11) is 0. The number of ether oxygens (including phenoxy) is 1. The molecule has 0 bridgehead atoms. The van der Waals surface area contributed by atoms with Crippen molar-refractivity contribution in [3.8, 4) is 5.75 Å².